The second kappa shape index (κ2) is 3.35. The summed E-state index contributed by atoms with van der Waals surface area (Å²) in [6.07, 6.45) is 6.39. The highest BCUT2D eigenvalue weighted by Gasteiger charge is 2.19. The fourth-order valence-electron chi connectivity index (χ4n) is 1.65. The van der Waals surface area contributed by atoms with E-state index in [-0.39, 0.29) is 0 Å². The Kier molecular flexibility index (Phi) is 2.21. The lowest BCUT2D eigenvalue weighted by Crippen LogP contribution is -2.01. The average molecular weight is 184 g/mol. The minimum Gasteiger partial charge on any atom is -0.217 e. The summed E-state index contributed by atoms with van der Waals surface area (Å²) in [4.78, 5) is 4.15. The Bertz CT molecular complexity index is 271. The lowest BCUT2D eigenvalue weighted by molar-refractivity contribution is 0.648. The molecule has 64 valence electrons. The van der Waals surface area contributed by atoms with Crippen molar-refractivity contribution in [3.8, 4) is 0 Å². The van der Waals surface area contributed by atoms with E-state index in [1.807, 2.05) is 0 Å². The van der Waals surface area contributed by atoms with Crippen LogP contribution in [0.2, 0.25) is 5.15 Å². The Morgan fingerprint density at radius 2 is 2.08 bits per heavy atom. The third-order valence-corrected chi connectivity index (χ3v) is 2.45. The topological polar surface area (TPSA) is 38.7 Å². The zero-order chi connectivity index (χ0) is 8.39. The van der Waals surface area contributed by atoms with Crippen molar-refractivity contribution in [2.45, 2.75) is 31.6 Å². The summed E-state index contributed by atoms with van der Waals surface area (Å²) >= 11 is 5.71. The third-order valence-electron chi connectivity index (χ3n) is 2.27. The number of aromatic nitrogens is 3. The molecule has 1 aromatic heterocycles. The van der Waals surface area contributed by atoms with E-state index in [1.165, 1.54) is 31.9 Å². The molecule has 1 saturated carbocycles. The first kappa shape index (κ1) is 7.92. The molecule has 0 spiro atoms. The van der Waals surface area contributed by atoms with Gasteiger partial charge in [-0.3, -0.25) is 0 Å². The van der Waals surface area contributed by atoms with Gasteiger partial charge in [-0.15, -0.1) is 5.10 Å². The van der Waals surface area contributed by atoms with Gasteiger partial charge in [0.05, 0.1) is 6.20 Å². The van der Waals surface area contributed by atoms with E-state index >= 15 is 0 Å². The quantitative estimate of drug-likeness (QED) is 0.670. The molecule has 0 saturated heterocycles. The fourth-order valence-corrected chi connectivity index (χ4v) is 1.78. The third kappa shape index (κ3) is 1.55. The molecule has 0 radical (unpaired) electrons. The first-order valence-corrected chi connectivity index (χ1v) is 4.59. The highest BCUT2D eigenvalue weighted by atomic mass is 35.5. The lowest BCUT2D eigenvalue weighted by Gasteiger charge is -2.04. The zero-order valence-electron chi connectivity index (χ0n) is 6.70. The minimum atomic E-state index is 0.451. The highest BCUT2D eigenvalue weighted by Crippen LogP contribution is 2.31. The van der Waals surface area contributed by atoms with Crippen LogP contribution in [0, 0.1) is 0 Å². The molecule has 4 heteroatoms. The van der Waals surface area contributed by atoms with Gasteiger partial charge in [-0.1, -0.05) is 24.4 Å². The molecular formula is C8H10ClN3. The van der Waals surface area contributed by atoms with Crippen molar-refractivity contribution in [2.75, 3.05) is 0 Å². The molecule has 0 bridgehead atoms. The largest absolute Gasteiger partial charge is 0.217 e. The maximum absolute atomic E-state index is 5.71. The van der Waals surface area contributed by atoms with Crippen molar-refractivity contribution < 1.29 is 0 Å². The fraction of sp³-hybridized carbons (Fsp3) is 0.625. The van der Waals surface area contributed by atoms with Crippen LogP contribution in [-0.4, -0.2) is 15.2 Å². The maximum Gasteiger partial charge on any atom is 0.155 e. The van der Waals surface area contributed by atoms with Gasteiger partial charge >= 0.3 is 0 Å². The van der Waals surface area contributed by atoms with Gasteiger partial charge in [0.25, 0.3) is 0 Å². The molecule has 1 heterocycles. The summed E-state index contributed by atoms with van der Waals surface area (Å²) in [6.45, 7) is 0. The number of nitrogens with zero attached hydrogens (tertiary/aromatic N) is 3. The van der Waals surface area contributed by atoms with Gasteiger partial charge in [-0.2, -0.15) is 5.10 Å². The van der Waals surface area contributed by atoms with Crippen molar-refractivity contribution in [3.05, 3.63) is 17.2 Å². The van der Waals surface area contributed by atoms with Crippen molar-refractivity contribution in [3.63, 3.8) is 0 Å². The van der Waals surface area contributed by atoms with Gasteiger partial charge in [0.2, 0.25) is 0 Å². The van der Waals surface area contributed by atoms with E-state index in [2.05, 4.69) is 15.2 Å². The zero-order valence-corrected chi connectivity index (χ0v) is 7.46. The molecule has 1 fully saturated rings. The van der Waals surface area contributed by atoms with Crippen LogP contribution >= 0.6 is 11.6 Å². The van der Waals surface area contributed by atoms with E-state index in [4.69, 9.17) is 11.6 Å². The predicted molar refractivity (Wildman–Crippen MR) is 46.0 cm³/mol. The second-order valence-corrected chi connectivity index (χ2v) is 3.51. The van der Waals surface area contributed by atoms with Crippen LogP contribution in [0.3, 0.4) is 0 Å². The van der Waals surface area contributed by atoms with E-state index in [0.717, 1.165) is 5.82 Å². The van der Waals surface area contributed by atoms with Crippen molar-refractivity contribution >= 4 is 11.6 Å². The van der Waals surface area contributed by atoms with Crippen LogP contribution in [0.4, 0.5) is 0 Å². The highest BCUT2D eigenvalue weighted by molar-refractivity contribution is 6.29. The molecule has 1 aromatic rings. The van der Waals surface area contributed by atoms with Crippen LogP contribution in [-0.2, 0) is 0 Å². The smallest absolute Gasteiger partial charge is 0.155 e. The normalized spacial score (nSPS) is 18.4. The van der Waals surface area contributed by atoms with Crippen molar-refractivity contribution in [2.24, 2.45) is 0 Å². The summed E-state index contributed by atoms with van der Waals surface area (Å²) < 4.78 is 0. The molecule has 0 aliphatic heterocycles. The molecule has 3 nitrogen and oxygen atoms in total. The Morgan fingerprint density at radius 3 is 2.75 bits per heavy atom. The molecule has 1 aliphatic carbocycles. The Morgan fingerprint density at radius 1 is 1.33 bits per heavy atom. The summed E-state index contributed by atoms with van der Waals surface area (Å²) in [5.41, 5.74) is 0. The van der Waals surface area contributed by atoms with Crippen LogP contribution in [0.15, 0.2) is 6.20 Å². The molecule has 12 heavy (non-hydrogen) atoms. The maximum atomic E-state index is 5.71. The summed E-state index contributed by atoms with van der Waals surface area (Å²) in [7, 11) is 0. The summed E-state index contributed by atoms with van der Waals surface area (Å²) in [6, 6.07) is 0. The molecule has 0 amide bonds. The SMILES string of the molecule is Clc1cnnc(C2CCCC2)n1. The number of halogens is 1. The van der Waals surface area contributed by atoms with E-state index in [0.29, 0.717) is 11.1 Å². The standard InChI is InChI=1S/C8H10ClN3/c9-7-5-10-12-8(11-7)6-3-1-2-4-6/h5-6H,1-4H2. The number of hydrogen-bond acceptors (Lipinski definition) is 3. The van der Waals surface area contributed by atoms with Gasteiger partial charge < -0.3 is 0 Å². The van der Waals surface area contributed by atoms with Gasteiger partial charge in [-0.25, -0.2) is 4.98 Å². The van der Waals surface area contributed by atoms with E-state index in [9.17, 15) is 0 Å². The first-order valence-electron chi connectivity index (χ1n) is 4.21. The monoisotopic (exact) mass is 183 g/mol. The van der Waals surface area contributed by atoms with Gasteiger partial charge in [0.1, 0.15) is 0 Å². The molecule has 0 N–H and O–H groups in total. The van der Waals surface area contributed by atoms with Crippen LogP contribution in [0.5, 0.6) is 0 Å². The molecule has 1 aliphatic rings. The van der Waals surface area contributed by atoms with Crippen LogP contribution < -0.4 is 0 Å². The lowest BCUT2D eigenvalue weighted by atomic mass is 10.1. The average Bonchev–Trinajstić information content (AvgIpc) is 2.56. The Labute approximate surface area is 76.2 Å². The number of hydrogen-bond donors (Lipinski definition) is 0. The van der Waals surface area contributed by atoms with Gasteiger partial charge in [0, 0.05) is 5.92 Å². The van der Waals surface area contributed by atoms with E-state index < -0.39 is 0 Å². The molecule has 0 unspecified atom stereocenters. The first-order chi connectivity index (χ1) is 5.86. The van der Waals surface area contributed by atoms with E-state index in [1.54, 1.807) is 0 Å². The number of rotatable bonds is 1. The van der Waals surface area contributed by atoms with Crippen LogP contribution in [0.25, 0.3) is 0 Å². The Hall–Kier alpha value is -0.700. The Balaban J connectivity index is 2.21. The molecule has 2 rings (SSSR count). The predicted octanol–water partition coefficient (Wildman–Crippen LogP) is 2.18. The minimum absolute atomic E-state index is 0.451. The molecular weight excluding hydrogens is 174 g/mol. The summed E-state index contributed by atoms with van der Waals surface area (Å²) in [5, 5.41) is 8.21. The van der Waals surface area contributed by atoms with Gasteiger partial charge in [0.15, 0.2) is 11.0 Å². The van der Waals surface area contributed by atoms with Gasteiger partial charge in [-0.05, 0) is 12.8 Å². The van der Waals surface area contributed by atoms with Crippen molar-refractivity contribution in [1.82, 2.24) is 15.2 Å². The summed E-state index contributed by atoms with van der Waals surface area (Å²) in [5.74, 6) is 1.32. The molecule has 0 aromatic carbocycles. The van der Waals surface area contributed by atoms with Crippen molar-refractivity contribution in [1.29, 1.82) is 0 Å². The second-order valence-electron chi connectivity index (χ2n) is 3.12. The van der Waals surface area contributed by atoms with Crippen LogP contribution in [0.1, 0.15) is 37.4 Å². The molecule has 0 atom stereocenters.